The molecule has 9 heteroatoms. The Balaban J connectivity index is 1.81. The Kier molecular flexibility index (Phi) is 7.19. The predicted molar refractivity (Wildman–Crippen MR) is 124 cm³/mol. The number of aromatic nitrogens is 1. The second kappa shape index (κ2) is 10.0. The zero-order valence-corrected chi connectivity index (χ0v) is 18.7. The van der Waals surface area contributed by atoms with Gasteiger partial charge in [-0.05, 0) is 44.9 Å². The zero-order valence-electron chi connectivity index (χ0n) is 17.8. The Hall–Kier alpha value is -3.46. The van der Waals surface area contributed by atoms with Crippen molar-refractivity contribution in [3.8, 4) is 22.8 Å². The summed E-state index contributed by atoms with van der Waals surface area (Å²) in [4.78, 5) is 15.5. The number of nitrogens with zero attached hydrogens (tertiary/aromatic N) is 3. The van der Waals surface area contributed by atoms with E-state index in [-0.39, 0.29) is 11.4 Å². The Morgan fingerprint density at radius 1 is 1.13 bits per heavy atom. The Morgan fingerprint density at radius 3 is 2.55 bits per heavy atom. The van der Waals surface area contributed by atoms with Crippen LogP contribution in [-0.2, 0) is 0 Å². The maximum Gasteiger partial charge on any atom is 0.311 e. The van der Waals surface area contributed by atoms with Gasteiger partial charge in [0.25, 0.3) is 0 Å². The van der Waals surface area contributed by atoms with Crippen LogP contribution in [0.4, 0.5) is 10.8 Å². The van der Waals surface area contributed by atoms with Gasteiger partial charge in [-0.2, -0.15) is 5.10 Å². The molecule has 162 valence electrons. The van der Waals surface area contributed by atoms with Crippen molar-refractivity contribution in [3.05, 3.63) is 62.5 Å². The van der Waals surface area contributed by atoms with Gasteiger partial charge in [0, 0.05) is 28.6 Å². The van der Waals surface area contributed by atoms with Crippen molar-refractivity contribution < 1.29 is 14.4 Å². The van der Waals surface area contributed by atoms with E-state index in [0.717, 1.165) is 11.3 Å². The summed E-state index contributed by atoms with van der Waals surface area (Å²) >= 11 is 1.43. The maximum absolute atomic E-state index is 11.4. The van der Waals surface area contributed by atoms with Gasteiger partial charge in [0.1, 0.15) is 5.75 Å². The molecule has 0 unspecified atom stereocenters. The molecule has 0 spiro atoms. The number of hydrogen-bond acceptors (Lipinski definition) is 8. The predicted octanol–water partition coefficient (Wildman–Crippen LogP) is 5.58. The van der Waals surface area contributed by atoms with Crippen LogP contribution in [0, 0.1) is 24.0 Å². The van der Waals surface area contributed by atoms with E-state index >= 15 is 0 Å². The molecule has 1 heterocycles. The van der Waals surface area contributed by atoms with Crippen LogP contribution in [0.3, 0.4) is 0 Å². The van der Waals surface area contributed by atoms with Crippen molar-refractivity contribution in [2.45, 2.75) is 27.7 Å². The third-order valence-corrected chi connectivity index (χ3v) is 5.31. The van der Waals surface area contributed by atoms with Crippen LogP contribution >= 0.6 is 11.3 Å². The minimum Gasteiger partial charge on any atom is -0.493 e. The van der Waals surface area contributed by atoms with Crippen molar-refractivity contribution >= 4 is 28.4 Å². The maximum atomic E-state index is 11.4. The molecule has 0 aliphatic rings. The lowest BCUT2D eigenvalue weighted by molar-refractivity contribution is -0.385. The Labute approximate surface area is 184 Å². The second-order valence-electron chi connectivity index (χ2n) is 6.69. The summed E-state index contributed by atoms with van der Waals surface area (Å²) in [6, 6.07) is 9.13. The fourth-order valence-corrected chi connectivity index (χ4v) is 3.55. The number of aryl methyl sites for hydroxylation is 2. The smallest absolute Gasteiger partial charge is 0.311 e. The van der Waals surface area contributed by atoms with Gasteiger partial charge >= 0.3 is 5.69 Å². The summed E-state index contributed by atoms with van der Waals surface area (Å²) in [5, 5.41) is 18.2. The molecule has 0 saturated carbocycles. The molecule has 3 rings (SSSR count). The van der Waals surface area contributed by atoms with Crippen molar-refractivity contribution in [3.63, 3.8) is 0 Å². The van der Waals surface area contributed by atoms with E-state index in [2.05, 4.69) is 41.5 Å². The zero-order chi connectivity index (χ0) is 22.4. The standard InChI is InChI=1S/C22H24N4O4S/c1-5-29-20-11-21(30-6-2)19(26(27)28)10-17(20)12-23-25-22-24-18(13-31-22)16-8-7-14(3)15(4)9-16/h7-13H,5-6H2,1-4H3,(H,24,25)/b23-12-. The van der Waals surface area contributed by atoms with Crippen molar-refractivity contribution in [1.82, 2.24) is 4.98 Å². The van der Waals surface area contributed by atoms with E-state index in [4.69, 9.17) is 9.47 Å². The Bertz CT molecular complexity index is 1110. The number of benzene rings is 2. The third-order valence-electron chi connectivity index (χ3n) is 4.56. The summed E-state index contributed by atoms with van der Waals surface area (Å²) in [6.45, 7) is 8.47. The first-order valence-electron chi connectivity index (χ1n) is 9.83. The largest absolute Gasteiger partial charge is 0.493 e. The van der Waals surface area contributed by atoms with Crippen LogP contribution in [0.1, 0.15) is 30.5 Å². The highest BCUT2D eigenvalue weighted by Gasteiger charge is 2.19. The van der Waals surface area contributed by atoms with Crippen LogP contribution < -0.4 is 14.9 Å². The van der Waals surface area contributed by atoms with Crippen LogP contribution in [0.25, 0.3) is 11.3 Å². The van der Waals surface area contributed by atoms with Gasteiger partial charge in [-0.25, -0.2) is 4.98 Å². The van der Waals surface area contributed by atoms with Gasteiger partial charge in [-0.3, -0.25) is 15.5 Å². The number of rotatable bonds is 9. The van der Waals surface area contributed by atoms with Crippen molar-refractivity contribution in [2.24, 2.45) is 5.10 Å². The summed E-state index contributed by atoms with van der Waals surface area (Å²) in [5.41, 5.74) is 7.55. The molecule has 8 nitrogen and oxygen atoms in total. The summed E-state index contributed by atoms with van der Waals surface area (Å²) in [6.07, 6.45) is 1.48. The molecular weight excluding hydrogens is 416 g/mol. The number of hydrazone groups is 1. The molecule has 3 aromatic rings. The molecule has 0 saturated heterocycles. The molecule has 0 fully saturated rings. The van der Waals surface area contributed by atoms with Crippen molar-refractivity contribution in [2.75, 3.05) is 18.6 Å². The lowest BCUT2D eigenvalue weighted by atomic mass is 10.1. The average molecular weight is 441 g/mol. The van der Waals surface area contributed by atoms with Gasteiger partial charge < -0.3 is 9.47 Å². The molecule has 0 atom stereocenters. The number of nitro benzene ring substituents is 1. The number of anilines is 1. The highest BCUT2D eigenvalue weighted by molar-refractivity contribution is 7.14. The number of thiazole rings is 1. The molecule has 0 radical (unpaired) electrons. The number of ether oxygens (including phenoxy) is 2. The molecule has 0 aliphatic carbocycles. The quantitative estimate of drug-likeness (QED) is 0.265. The summed E-state index contributed by atoms with van der Waals surface area (Å²) in [5.74, 6) is 0.621. The lowest BCUT2D eigenvalue weighted by Gasteiger charge is -2.10. The highest BCUT2D eigenvalue weighted by atomic mass is 32.1. The van der Waals surface area contributed by atoms with E-state index in [1.165, 1.54) is 40.8 Å². The number of nitro groups is 1. The van der Waals surface area contributed by atoms with Crippen LogP contribution in [-0.4, -0.2) is 29.3 Å². The van der Waals surface area contributed by atoms with Crippen molar-refractivity contribution in [1.29, 1.82) is 0 Å². The fourth-order valence-electron chi connectivity index (χ4n) is 2.88. The minimum absolute atomic E-state index is 0.141. The topological polar surface area (TPSA) is 98.9 Å². The average Bonchev–Trinajstić information content (AvgIpc) is 3.20. The van der Waals surface area contributed by atoms with Gasteiger partial charge in [-0.1, -0.05) is 12.1 Å². The van der Waals surface area contributed by atoms with E-state index in [9.17, 15) is 10.1 Å². The monoisotopic (exact) mass is 440 g/mol. The normalized spacial score (nSPS) is 11.0. The molecule has 1 N–H and O–H groups in total. The third kappa shape index (κ3) is 5.37. The molecular formula is C22H24N4O4S. The first-order chi connectivity index (χ1) is 14.9. The highest BCUT2D eigenvalue weighted by Crippen LogP contribution is 2.34. The van der Waals surface area contributed by atoms with E-state index in [0.29, 0.717) is 29.7 Å². The molecule has 1 aromatic heterocycles. The molecule has 0 bridgehead atoms. The molecule has 31 heavy (non-hydrogen) atoms. The van der Waals surface area contributed by atoms with E-state index in [1.54, 1.807) is 6.92 Å². The SMILES string of the molecule is CCOc1cc(OCC)c([N+](=O)[O-])cc1/C=N\Nc1nc(-c2ccc(C)c(C)c2)cs1. The van der Waals surface area contributed by atoms with Gasteiger partial charge in [0.2, 0.25) is 10.9 Å². The minimum atomic E-state index is -0.484. The van der Waals surface area contributed by atoms with E-state index < -0.39 is 4.92 Å². The second-order valence-corrected chi connectivity index (χ2v) is 7.55. The van der Waals surface area contributed by atoms with Gasteiger partial charge in [-0.15, -0.1) is 11.3 Å². The number of hydrogen-bond donors (Lipinski definition) is 1. The Morgan fingerprint density at radius 2 is 1.87 bits per heavy atom. The van der Waals surface area contributed by atoms with E-state index in [1.807, 2.05) is 18.4 Å². The lowest BCUT2D eigenvalue weighted by Crippen LogP contribution is -2.03. The summed E-state index contributed by atoms with van der Waals surface area (Å²) in [7, 11) is 0. The molecule has 0 amide bonds. The first-order valence-corrected chi connectivity index (χ1v) is 10.7. The summed E-state index contributed by atoms with van der Waals surface area (Å²) < 4.78 is 11.0. The van der Waals surface area contributed by atoms with Gasteiger partial charge in [0.15, 0.2) is 0 Å². The van der Waals surface area contributed by atoms with Crippen LogP contribution in [0.15, 0.2) is 40.8 Å². The number of nitrogens with one attached hydrogen (secondary N) is 1. The fraction of sp³-hybridized carbons (Fsp3) is 0.273. The first kappa shape index (κ1) is 22.2. The molecule has 2 aromatic carbocycles. The van der Waals surface area contributed by atoms with Gasteiger partial charge in [0.05, 0.1) is 30.0 Å². The molecule has 0 aliphatic heterocycles. The van der Waals surface area contributed by atoms with Crippen LogP contribution in [0.2, 0.25) is 0 Å². The van der Waals surface area contributed by atoms with Crippen LogP contribution in [0.5, 0.6) is 11.5 Å².